The second kappa shape index (κ2) is 6.55. The molecule has 0 bridgehead atoms. The summed E-state index contributed by atoms with van der Waals surface area (Å²) in [6.07, 6.45) is 5.52. The van der Waals surface area contributed by atoms with Gasteiger partial charge in [0.15, 0.2) is 0 Å². The third-order valence-corrected chi connectivity index (χ3v) is 5.13. The Morgan fingerprint density at radius 3 is 3.00 bits per heavy atom. The minimum Gasteiger partial charge on any atom is -0.324 e. The molecule has 2 aliphatic heterocycles. The number of benzene rings is 1. The number of aromatic nitrogens is 2. The number of aliphatic imine (C=N–C) groups is 1. The molecule has 27 heavy (non-hydrogen) atoms. The lowest BCUT2D eigenvalue weighted by molar-refractivity contribution is -0.130. The highest BCUT2D eigenvalue weighted by Gasteiger charge is 2.45. The number of hydrogen-bond donors (Lipinski definition) is 1. The zero-order valence-electron chi connectivity index (χ0n) is 14.8. The molecule has 0 aliphatic carbocycles. The van der Waals surface area contributed by atoms with E-state index in [1.54, 1.807) is 30.2 Å². The molecule has 2 amide bonds. The van der Waals surface area contributed by atoms with Crippen LogP contribution in [-0.4, -0.2) is 37.7 Å². The van der Waals surface area contributed by atoms with Gasteiger partial charge >= 0.3 is 0 Å². The maximum atomic E-state index is 13.1. The van der Waals surface area contributed by atoms with Gasteiger partial charge in [0.1, 0.15) is 17.1 Å². The Labute approximate surface area is 160 Å². The van der Waals surface area contributed by atoms with E-state index in [0.717, 1.165) is 16.8 Å². The van der Waals surface area contributed by atoms with Gasteiger partial charge in [0.25, 0.3) is 11.8 Å². The van der Waals surface area contributed by atoms with E-state index in [-0.39, 0.29) is 18.2 Å². The number of fused-ring (bicyclic) bond motifs is 1. The van der Waals surface area contributed by atoms with Gasteiger partial charge in [-0.25, -0.2) is 0 Å². The van der Waals surface area contributed by atoms with Crippen LogP contribution in [0, 0.1) is 0 Å². The van der Waals surface area contributed by atoms with Crippen molar-refractivity contribution in [2.24, 2.45) is 4.99 Å². The fourth-order valence-corrected chi connectivity index (χ4v) is 3.61. The molecule has 0 saturated heterocycles. The Kier molecular flexibility index (Phi) is 4.19. The van der Waals surface area contributed by atoms with Crippen molar-refractivity contribution in [1.29, 1.82) is 0 Å². The van der Waals surface area contributed by atoms with E-state index < -0.39 is 5.54 Å². The summed E-state index contributed by atoms with van der Waals surface area (Å²) in [5.41, 5.74) is 2.18. The standard InChI is InChI=1S/C19H17N5O2S/c1-12-6-7-24-16(8-12)21-17(25)10-19(24,2)18(26)20-14-5-3-4-13(9-14)15-11-27-23-22-15/h3-9,11H,10H2,1-2H3,(H,20,26)/t19-/m0/s1. The van der Waals surface area contributed by atoms with E-state index in [1.165, 1.54) is 11.5 Å². The molecule has 7 nitrogen and oxygen atoms in total. The summed E-state index contributed by atoms with van der Waals surface area (Å²) in [5, 5.41) is 8.83. The highest BCUT2D eigenvalue weighted by molar-refractivity contribution is 7.03. The number of amidine groups is 1. The van der Waals surface area contributed by atoms with E-state index >= 15 is 0 Å². The first-order valence-corrected chi connectivity index (χ1v) is 9.26. The topological polar surface area (TPSA) is 87.5 Å². The zero-order valence-corrected chi connectivity index (χ0v) is 15.7. The predicted molar refractivity (Wildman–Crippen MR) is 104 cm³/mol. The number of hydrogen-bond acceptors (Lipinski definition) is 6. The van der Waals surface area contributed by atoms with Crippen molar-refractivity contribution in [1.82, 2.24) is 14.5 Å². The average Bonchev–Trinajstić information content (AvgIpc) is 3.16. The van der Waals surface area contributed by atoms with Gasteiger partial charge in [-0.1, -0.05) is 16.6 Å². The first-order chi connectivity index (χ1) is 13.0. The number of rotatable bonds is 3. The van der Waals surface area contributed by atoms with Gasteiger partial charge in [0.2, 0.25) is 0 Å². The highest BCUT2D eigenvalue weighted by atomic mass is 32.1. The number of carbonyl (C=O) groups excluding carboxylic acids is 2. The number of anilines is 1. The van der Waals surface area contributed by atoms with Crippen LogP contribution < -0.4 is 5.32 Å². The lowest BCUT2D eigenvalue weighted by Gasteiger charge is -2.42. The Morgan fingerprint density at radius 2 is 2.22 bits per heavy atom. The molecule has 0 unspecified atom stereocenters. The van der Waals surface area contributed by atoms with Gasteiger partial charge in [-0.05, 0) is 55.2 Å². The van der Waals surface area contributed by atoms with Crippen LogP contribution >= 0.6 is 11.5 Å². The van der Waals surface area contributed by atoms with Crippen molar-refractivity contribution in [3.63, 3.8) is 0 Å². The Morgan fingerprint density at radius 1 is 1.37 bits per heavy atom. The van der Waals surface area contributed by atoms with Crippen molar-refractivity contribution in [2.75, 3.05) is 5.32 Å². The van der Waals surface area contributed by atoms with Gasteiger partial charge < -0.3 is 10.2 Å². The van der Waals surface area contributed by atoms with Crippen LogP contribution in [0.25, 0.3) is 11.3 Å². The molecule has 0 spiro atoms. The smallest absolute Gasteiger partial charge is 0.250 e. The maximum Gasteiger partial charge on any atom is 0.250 e. The average molecular weight is 379 g/mol. The van der Waals surface area contributed by atoms with Crippen molar-refractivity contribution < 1.29 is 9.59 Å². The molecule has 1 aromatic heterocycles. The highest BCUT2D eigenvalue weighted by Crippen LogP contribution is 2.31. The summed E-state index contributed by atoms with van der Waals surface area (Å²) in [7, 11) is 0. The van der Waals surface area contributed by atoms with E-state index in [2.05, 4.69) is 19.9 Å². The monoisotopic (exact) mass is 379 g/mol. The molecule has 136 valence electrons. The molecule has 1 aromatic carbocycles. The van der Waals surface area contributed by atoms with Crippen LogP contribution in [0.15, 0.2) is 58.6 Å². The van der Waals surface area contributed by atoms with E-state index in [9.17, 15) is 9.59 Å². The Bertz CT molecular complexity index is 1010. The van der Waals surface area contributed by atoms with Crippen LogP contribution in [0.5, 0.6) is 0 Å². The third kappa shape index (κ3) is 3.19. The van der Waals surface area contributed by atoms with E-state index in [4.69, 9.17) is 0 Å². The molecule has 4 rings (SSSR count). The second-order valence-electron chi connectivity index (χ2n) is 6.71. The minimum absolute atomic E-state index is 0.00918. The Hall–Kier alpha value is -3.13. The molecular formula is C19H17N5O2S. The third-order valence-electron chi connectivity index (χ3n) is 4.62. The van der Waals surface area contributed by atoms with Crippen LogP contribution in [0.2, 0.25) is 0 Å². The van der Waals surface area contributed by atoms with Gasteiger partial charge in [0, 0.05) is 22.8 Å². The van der Waals surface area contributed by atoms with Crippen LogP contribution in [-0.2, 0) is 9.59 Å². The quantitative estimate of drug-likeness (QED) is 0.886. The van der Waals surface area contributed by atoms with E-state index in [1.807, 2.05) is 36.6 Å². The van der Waals surface area contributed by atoms with Crippen molar-refractivity contribution in [3.05, 3.63) is 53.6 Å². The number of allylic oxidation sites excluding steroid dienone is 2. The molecule has 8 heteroatoms. The second-order valence-corrected chi connectivity index (χ2v) is 7.32. The molecule has 1 atom stereocenters. The van der Waals surface area contributed by atoms with Gasteiger partial charge in [-0.2, -0.15) is 4.99 Å². The first-order valence-electron chi connectivity index (χ1n) is 8.42. The number of nitrogens with one attached hydrogen (secondary N) is 1. The molecule has 3 heterocycles. The molecule has 0 fully saturated rings. The molecule has 0 radical (unpaired) electrons. The summed E-state index contributed by atoms with van der Waals surface area (Å²) < 4.78 is 3.87. The summed E-state index contributed by atoms with van der Waals surface area (Å²) in [5.74, 6) is -0.0823. The van der Waals surface area contributed by atoms with Gasteiger partial charge in [0.05, 0.1) is 6.42 Å². The largest absolute Gasteiger partial charge is 0.324 e. The van der Waals surface area contributed by atoms with Crippen molar-refractivity contribution >= 4 is 34.9 Å². The molecule has 0 saturated carbocycles. The molecular weight excluding hydrogens is 362 g/mol. The van der Waals surface area contributed by atoms with Gasteiger partial charge in [-0.3, -0.25) is 9.59 Å². The fourth-order valence-electron chi connectivity index (χ4n) is 3.14. The van der Waals surface area contributed by atoms with Gasteiger partial charge in [-0.15, -0.1) is 5.10 Å². The number of carbonyl (C=O) groups is 2. The summed E-state index contributed by atoms with van der Waals surface area (Å²) in [6.45, 7) is 3.67. The Balaban J connectivity index is 1.61. The van der Waals surface area contributed by atoms with E-state index in [0.29, 0.717) is 11.5 Å². The zero-order chi connectivity index (χ0) is 19.0. The summed E-state index contributed by atoms with van der Waals surface area (Å²) in [6, 6.07) is 7.40. The molecule has 1 N–H and O–H groups in total. The number of nitrogens with zero attached hydrogens (tertiary/aromatic N) is 4. The van der Waals surface area contributed by atoms with Crippen LogP contribution in [0.1, 0.15) is 20.3 Å². The van der Waals surface area contributed by atoms with Crippen LogP contribution in [0.3, 0.4) is 0 Å². The predicted octanol–water partition coefficient (Wildman–Crippen LogP) is 3.01. The van der Waals surface area contributed by atoms with Crippen molar-refractivity contribution in [3.8, 4) is 11.3 Å². The maximum absolute atomic E-state index is 13.1. The van der Waals surface area contributed by atoms with Crippen molar-refractivity contribution in [2.45, 2.75) is 25.8 Å². The summed E-state index contributed by atoms with van der Waals surface area (Å²) in [4.78, 5) is 31.1. The molecule has 2 aromatic rings. The summed E-state index contributed by atoms with van der Waals surface area (Å²) >= 11 is 1.27. The first kappa shape index (κ1) is 17.3. The number of amides is 2. The normalized spacial score (nSPS) is 21.4. The minimum atomic E-state index is -1.06. The van der Waals surface area contributed by atoms with Crippen LogP contribution in [0.4, 0.5) is 5.69 Å². The molecule has 2 aliphatic rings. The SMILES string of the molecule is CC1=CC2=NC(=O)C[C@@](C)(C(=O)Nc3cccc(-c4csnn4)c3)N2C=C1. The lowest BCUT2D eigenvalue weighted by Crippen LogP contribution is -2.58. The fraction of sp³-hybridized carbons (Fsp3) is 0.211. The lowest BCUT2D eigenvalue weighted by atomic mass is 9.90.